The minimum atomic E-state index is -3.33. The fourth-order valence-corrected chi connectivity index (χ4v) is 5.88. The standard InChI is InChI=1S/C24H25NO3S/c26-24(14-13-20-9-6-8-19-7-4-5-12-23(19)20)25-17-15-22(16-18-25)29(27,28)21-10-2-1-3-11-21/h1-12,22H,13-18H2. The predicted octanol–water partition coefficient (Wildman–Crippen LogP) is 4.24. The molecule has 0 N–H and O–H groups in total. The Labute approximate surface area is 172 Å². The summed E-state index contributed by atoms with van der Waals surface area (Å²) < 4.78 is 25.6. The normalized spacial score (nSPS) is 15.5. The van der Waals surface area contributed by atoms with Crippen LogP contribution in [0.1, 0.15) is 24.8 Å². The van der Waals surface area contributed by atoms with Gasteiger partial charge in [0.1, 0.15) is 0 Å². The van der Waals surface area contributed by atoms with Gasteiger partial charge in [0.2, 0.25) is 5.91 Å². The second-order valence-corrected chi connectivity index (χ2v) is 9.80. The lowest BCUT2D eigenvalue weighted by atomic mass is 10.0. The molecule has 1 aliphatic rings. The topological polar surface area (TPSA) is 54.5 Å². The molecule has 1 aliphatic heterocycles. The minimum absolute atomic E-state index is 0.105. The molecular formula is C24H25NO3S. The van der Waals surface area contributed by atoms with Gasteiger partial charge in [-0.1, -0.05) is 60.7 Å². The van der Waals surface area contributed by atoms with Crippen LogP contribution < -0.4 is 0 Å². The third-order valence-electron chi connectivity index (χ3n) is 5.79. The first-order valence-corrected chi connectivity index (χ1v) is 11.6. The highest BCUT2D eigenvalue weighted by molar-refractivity contribution is 7.92. The van der Waals surface area contributed by atoms with Gasteiger partial charge >= 0.3 is 0 Å². The number of rotatable bonds is 5. The van der Waals surface area contributed by atoms with E-state index in [1.165, 1.54) is 16.3 Å². The van der Waals surface area contributed by atoms with Gasteiger partial charge in [-0.05, 0) is 47.7 Å². The minimum Gasteiger partial charge on any atom is -0.343 e. The lowest BCUT2D eigenvalue weighted by Crippen LogP contribution is -2.42. The maximum Gasteiger partial charge on any atom is 0.222 e. The Morgan fingerprint density at radius 3 is 2.28 bits per heavy atom. The van der Waals surface area contributed by atoms with E-state index in [1.54, 1.807) is 24.3 Å². The van der Waals surface area contributed by atoms with Crippen molar-refractivity contribution in [3.05, 3.63) is 78.4 Å². The van der Waals surface area contributed by atoms with Crippen LogP contribution in [-0.2, 0) is 21.1 Å². The van der Waals surface area contributed by atoms with Gasteiger partial charge < -0.3 is 4.90 Å². The maximum atomic E-state index is 12.8. The summed E-state index contributed by atoms with van der Waals surface area (Å²) in [6, 6.07) is 23.0. The molecule has 0 bridgehead atoms. The Bertz CT molecular complexity index is 1100. The number of hydrogen-bond acceptors (Lipinski definition) is 3. The number of benzene rings is 3. The van der Waals surface area contributed by atoms with E-state index in [4.69, 9.17) is 0 Å². The summed E-state index contributed by atoms with van der Waals surface area (Å²) >= 11 is 0. The average molecular weight is 408 g/mol. The van der Waals surface area contributed by atoms with E-state index in [9.17, 15) is 13.2 Å². The van der Waals surface area contributed by atoms with Crippen molar-refractivity contribution < 1.29 is 13.2 Å². The van der Waals surface area contributed by atoms with E-state index in [0.717, 1.165) is 0 Å². The number of amides is 1. The Balaban J connectivity index is 1.36. The van der Waals surface area contributed by atoms with Gasteiger partial charge in [-0.3, -0.25) is 4.79 Å². The molecule has 0 radical (unpaired) electrons. The summed E-state index contributed by atoms with van der Waals surface area (Å²) in [7, 11) is -3.33. The average Bonchev–Trinajstić information content (AvgIpc) is 2.78. The molecule has 1 saturated heterocycles. The molecule has 29 heavy (non-hydrogen) atoms. The van der Waals surface area contributed by atoms with Gasteiger partial charge in [0, 0.05) is 19.5 Å². The van der Waals surface area contributed by atoms with E-state index in [1.807, 2.05) is 29.2 Å². The van der Waals surface area contributed by atoms with Gasteiger partial charge in [-0.25, -0.2) is 8.42 Å². The molecule has 3 aromatic rings. The molecule has 1 fully saturated rings. The number of hydrogen-bond donors (Lipinski definition) is 0. The van der Waals surface area contributed by atoms with Gasteiger partial charge in [-0.2, -0.15) is 0 Å². The zero-order chi connectivity index (χ0) is 20.3. The maximum absolute atomic E-state index is 12.8. The number of piperidine rings is 1. The molecule has 0 aromatic heterocycles. The largest absolute Gasteiger partial charge is 0.343 e. The van der Waals surface area contributed by atoms with Gasteiger partial charge in [0.25, 0.3) is 0 Å². The van der Waals surface area contributed by atoms with E-state index in [2.05, 4.69) is 24.3 Å². The summed E-state index contributed by atoms with van der Waals surface area (Å²) in [6.07, 6.45) is 2.14. The van der Waals surface area contributed by atoms with Crippen LogP contribution in [0.4, 0.5) is 0 Å². The molecule has 150 valence electrons. The van der Waals surface area contributed by atoms with Crippen LogP contribution in [0.15, 0.2) is 77.7 Å². The molecule has 0 atom stereocenters. The molecule has 5 heteroatoms. The summed E-state index contributed by atoms with van der Waals surface area (Å²) in [6.45, 7) is 1.01. The zero-order valence-corrected chi connectivity index (χ0v) is 17.1. The number of carbonyl (C=O) groups is 1. The SMILES string of the molecule is O=C(CCc1cccc2ccccc12)N1CCC(S(=O)(=O)c2ccccc2)CC1. The van der Waals surface area contributed by atoms with Gasteiger partial charge in [0.05, 0.1) is 10.1 Å². The van der Waals surface area contributed by atoms with Crippen LogP contribution in [0.2, 0.25) is 0 Å². The number of fused-ring (bicyclic) bond motifs is 1. The fraction of sp³-hybridized carbons (Fsp3) is 0.292. The smallest absolute Gasteiger partial charge is 0.222 e. The molecule has 4 nitrogen and oxygen atoms in total. The molecule has 0 aliphatic carbocycles. The Kier molecular flexibility index (Phi) is 5.67. The zero-order valence-electron chi connectivity index (χ0n) is 16.3. The highest BCUT2D eigenvalue weighted by Gasteiger charge is 2.32. The molecule has 0 spiro atoms. The number of aryl methyl sites for hydroxylation is 1. The Morgan fingerprint density at radius 2 is 1.52 bits per heavy atom. The second kappa shape index (κ2) is 8.37. The first-order valence-electron chi connectivity index (χ1n) is 10.1. The van der Waals surface area contributed by atoms with Gasteiger partial charge in [0.15, 0.2) is 9.84 Å². The molecule has 3 aromatic carbocycles. The summed E-state index contributed by atoms with van der Waals surface area (Å²) in [5, 5.41) is 1.96. The van der Waals surface area contributed by atoms with Crippen molar-refractivity contribution >= 4 is 26.5 Å². The third-order valence-corrected chi connectivity index (χ3v) is 8.07. The van der Waals surface area contributed by atoms with E-state index >= 15 is 0 Å². The van der Waals surface area contributed by atoms with Crippen molar-refractivity contribution in [2.45, 2.75) is 35.8 Å². The highest BCUT2D eigenvalue weighted by atomic mass is 32.2. The van der Waals surface area contributed by atoms with Crippen LogP contribution >= 0.6 is 0 Å². The fourth-order valence-electron chi connectivity index (χ4n) is 4.13. The monoisotopic (exact) mass is 407 g/mol. The van der Waals surface area contributed by atoms with Crippen molar-refractivity contribution in [3.63, 3.8) is 0 Å². The molecule has 0 saturated carbocycles. The summed E-state index contributed by atoms with van der Waals surface area (Å²) in [4.78, 5) is 14.9. The molecule has 4 rings (SSSR count). The van der Waals surface area contributed by atoms with Crippen molar-refractivity contribution in [2.24, 2.45) is 0 Å². The predicted molar refractivity (Wildman–Crippen MR) is 115 cm³/mol. The lowest BCUT2D eigenvalue weighted by Gasteiger charge is -2.32. The number of carbonyl (C=O) groups excluding carboxylic acids is 1. The lowest BCUT2D eigenvalue weighted by molar-refractivity contribution is -0.132. The summed E-state index contributed by atoms with van der Waals surface area (Å²) in [5.74, 6) is 0.105. The first kappa shape index (κ1) is 19.6. The second-order valence-electron chi connectivity index (χ2n) is 7.58. The molecule has 0 unspecified atom stereocenters. The van der Waals surface area contributed by atoms with Crippen LogP contribution in [0.25, 0.3) is 10.8 Å². The first-order chi connectivity index (χ1) is 14.1. The van der Waals surface area contributed by atoms with Crippen LogP contribution in [-0.4, -0.2) is 37.6 Å². The molecule has 1 heterocycles. The number of nitrogens with zero attached hydrogens (tertiary/aromatic N) is 1. The quantitative estimate of drug-likeness (QED) is 0.636. The molecule has 1 amide bonds. The van der Waals surface area contributed by atoms with E-state index in [-0.39, 0.29) is 5.91 Å². The van der Waals surface area contributed by atoms with Gasteiger partial charge in [-0.15, -0.1) is 0 Å². The highest BCUT2D eigenvalue weighted by Crippen LogP contribution is 2.25. The van der Waals surface area contributed by atoms with Crippen molar-refractivity contribution in [3.8, 4) is 0 Å². The number of likely N-dealkylation sites (tertiary alicyclic amines) is 1. The summed E-state index contributed by atoms with van der Waals surface area (Å²) in [5.41, 5.74) is 1.18. The Hall–Kier alpha value is -2.66. The van der Waals surface area contributed by atoms with E-state index in [0.29, 0.717) is 43.7 Å². The van der Waals surface area contributed by atoms with Crippen LogP contribution in [0.5, 0.6) is 0 Å². The van der Waals surface area contributed by atoms with Crippen LogP contribution in [0, 0.1) is 0 Å². The Morgan fingerprint density at radius 1 is 0.862 bits per heavy atom. The molecular weight excluding hydrogens is 382 g/mol. The van der Waals surface area contributed by atoms with Crippen LogP contribution in [0.3, 0.4) is 0 Å². The van der Waals surface area contributed by atoms with Crippen molar-refractivity contribution in [1.82, 2.24) is 4.90 Å². The number of sulfone groups is 1. The van der Waals surface area contributed by atoms with Crippen molar-refractivity contribution in [2.75, 3.05) is 13.1 Å². The third kappa shape index (κ3) is 4.20. The van der Waals surface area contributed by atoms with E-state index < -0.39 is 15.1 Å². The van der Waals surface area contributed by atoms with Crippen molar-refractivity contribution in [1.29, 1.82) is 0 Å².